The molecular formula is C8H11BN6. The minimum atomic E-state index is -0.380. The van der Waals surface area contributed by atoms with E-state index < -0.39 is 0 Å². The van der Waals surface area contributed by atoms with Gasteiger partial charge >= 0.3 is 0 Å². The number of rotatable bonds is 1. The summed E-state index contributed by atoms with van der Waals surface area (Å²) in [5, 5.41) is 39.2. The van der Waals surface area contributed by atoms with Gasteiger partial charge in [0.05, 0.1) is 11.0 Å². The van der Waals surface area contributed by atoms with E-state index in [9.17, 15) is 0 Å². The van der Waals surface area contributed by atoms with Gasteiger partial charge in [-0.3, -0.25) is 27.0 Å². The molecular weight excluding hydrogens is 191 g/mol. The molecule has 1 aromatic rings. The highest BCUT2D eigenvalue weighted by Gasteiger charge is 2.03. The van der Waals surface area contributed by atoms with Gasteiger partial charge in [0.15, 0.2) is 0 Å². The van der Waals surface area contributed by atoms with E-state index in [2.05, 4.69) is 5.23 Å². The Morgan fingerprint density at radius 3 is 1.67 bits per heavy atom. The van der Waals surface area contributed by atoms with Crippen molar-refractivity contribution in [1.82, 2.24) is 0 Å². The van der Waals surface area contributed by atoms with Gasteiger partial charge in [-0.1, -0.05) is 0 Å². The van der Waals surface area contributed by atoms with Crippen LogP contribution in [0.5, 0.6) is 0 Å². The van der Waals surface area contributed by atoms with Crippen molar-refractivity contribution in [2.75, 3.05) is 5.23 Å². The Labute approximate surface area is 86.0 Å². The second-order valence-corrected chi connectivity index (χ2v) is 3.12. The monoisotopic (exact) mass is 202 g/mol. The topological polar surface area (TPSA) is 131 Å². The lowest BCUT2D eigenvalue weighted by Gasteiger charge is -1.99. The number of anilines is 1. The van der Waals surface area contributed by atoms with Gasteiger partial charge in [0.2, 0.25) is 7.98 Å². The molecule has 0 aliphatic carbocycles. The molecule has 0 fully saturated rings. The van der Waals surface area contributed by atoms with Crippen LogP contribution in [0.1, 0.15) is 5.56 Å². The smallest absolute Gasteiger partial charge is 0.214 e. The fourth-order valence-electron chi connectivity index (χ4n) is 1.31. The summed E-state index contributed by atoms with van der Waals surface area (Å²) in [6.45, 7) is 1.60. The van der Waals surface area contributed by atoms with E-state index in [0.29, 0.717) is 11.3 Å². The first-order valence-corrected chi connectivity index (χ1v) is 4.25. The molecule has 0 aromatic heterocycles. The Morgan fingerprint density at radius 1 is 0.800 bits per heavy atom. The zero-order valence-electron chi connectivity index (χ0n) is 8.50. The standard InChI is InChI=1S/C8H11BN6/c1-2-3(10)4(11)5(12)6(13)7(14)8(2)15-9/h10-15H,9H2,1H3. The van der Waals surface area contributed by atoms with Crippen molar-refractivity contribution in [2.24, 2.45) is 0 Å². The summed E-state index contributed by atoms with van der Waals surface area (Å²) in [5.74, 6) is 0. The van der Waals surface area contributed by atoms with E-state index in [1.54, 1.807) is 14.9 Å². The number of hydrogen-bond acceptors (Lipinski definition) is 6. The molecule has 15 heavy (non-hydrogen) atoms. The van der Waals surface area contributed by atoms with Gasteiger partial charge in [0.1, 0.15) is 21.4 Å². The van der Waals surface area contributed by atoms with E-state index in [0.717, 1.165) is 0 Å². The second-order valence-electron chi connectivity index (χ2n) is 3.12. The molecule has 1 rings (SSSR count). The zero-order valence-corrected chi connectivity index (χ0v) is 8.50. The quantitative estimate of drug-likeness (QED) is 0.270. The van der Waals surface area contributed by atoms with E-state index in [-0.39, 0.29) is 26.8 Å². The van der Waals surface area contributed by atoms with Crippen LogP contribution in [0.15, 0.2) is 0 Å². The third-order valence-corrected chi connectivity index (χ3v) is 2.25. The first kappa shape index (κ1) is 11.0. The van der Waals surface area contributed by atoms with Gasteiger partial charge in [-0.15, -0.1) is 0 Å². The summed E-state index contributed by atoms with van der Waals surface area (Å²) in [5.41, 5.74) is 0.747. The average Bonchev–Trinajstić information content (AvgIpc) is 2.28. The lowest BCUT2D eigenvalue weighted by Crippen LogP contribution is -2.47. The van der Waals surface area contributed by atoms with Crippen molar-refractivity contribution >= 4 is 13.7 Å². The molecule has 0 aliphatic rings. The van der Waals surface area contributed by atoms with Crippen LogP contribution in [-0.4, -0.2) is 7.98 Å². The highest BCUT2D eigenvalue weighted by molar-refractivity contribution is 6.16. The molecule has 0 radical (unpaired) electrons. The molecule has 0 unspecified atom stereocenters. The van der Waals surface area contributed by atoms with Crippen LogP contribution in [-0.2, 0) is 0 Å². The highest BCUT2D eigenvalue weighted by atomic mass is 14.8. The summed E-state index contributed by atoms with van der Waals surface area (Å²) in [4.78, 5) is 0. The Balaban J connectivity index is 4.33. The van der Waals surface area contributed by atoms with E-state index in [1.807, 2.05) is 0 Å². The van der Waals surface area contributed by atoms with Crippen LogP contribution >= 0.6 is 0 Å². The maximum Gasteiger partial charge on any atom is 0.214 e. The highest BCUT2D eigenvalue weighted by Crippen LogP contribution is 1.95. The molecule has 0 bridgehead atoms. The van der Waals surface area contributed by atoms with Crippen molar-refractivity contribution < 1.29 is 0 Å². The van der Waals surface area contributed by atoms with Gasteiger partial charge in [-0.05, 0) is 6.92 Å². The minimum absolute atomic E-state index is 0.114. The van der Waals surface area contributed by atoms with Crippen molar-refractivity contribution in [3.63, 3.8) is 0 Å². The van der Waals surface area contributed by atoms with Gasteiger partial charge < -0.3 is 5.23 Å². The molecule has 0 amide bonds. The van der Waals surface area contributed by atoms with Crippen molar-refractivity contribution in [3.8, 4) is 0 Å². The van der Waals surface area contributed by atoms with Gasteiger partial charge in [0, 0.05) is 5.56 Å². The molecule has 7 heteroatoms. The predicted octanol–water partition coefficient (Wildman–Crippen LogP) is -2.77. The minimum Gasteiger partial charge on any atom is -0.432 e. The third kappa shape index (κ3) is 1.52. The lowest BCUT2D eigenvalue weighted by atomic mass is 10.2. The zero-order chi connectivity index (χ0) is 11.7. The summed E-state index contributed by atoms with van der Waals surface area (Å²) < 4.78 is 0. The predicted molar refractivity (Wildman–Crippen MR) is 55.0 cm³/mol. The SMILES string of the molecule is BNc1c(C)c(=N)c(=N)c(=N)c(=N)c1=N. The van der Waals surface area contributed by atoms with Crippen molar-refractivity contribution in [1.29, 1.82) is 27.0 Å². The fourth-order valence-corrected chi connectivity index (χ4v) is 1.31. The second kappa shape index (κ2) is 3.60. The largest absolute Gasteiger partial charge is 0.432 e. The van der Waals surface area contributed by atoms with Crippen molar-refractivity contribution in [3.05, 3.63) is 32.3 Å². The molecule has 0 saturated carbocycles. The van der Waals surface area contributed by atoms with E-state index in [1.165, 1.54) is 0 Å². The first-order valence-electron chi connectivity index (χ1n) is 4.25. The Hall–Kier alpha value is -2.05. The molecule has 6 nitrogen and oxygen atoms in total. The summed E-state index contributed by atoms with van der Waals surface area (Å²) in [6, 6.07) is 0. The van der Waals surface area contributed by atoms with Crippen LogP contribution in [0, 0.1) is 34.0 Å². The summed E-state index contributed by atoms with van der Waals surface area (Å²) >= 11 is 0. The average molecular weight is 202 g/mol. The molecule has 76 valence electrons. The summed E-state index contributed by atoms with van der Waals surface area (Å²) in [6.07, 6.45) is 0. The molecule has 0 atom stereocenters. The normalized spacial score (nSPS) is 9.93. The fraction of sp³-hybridized carbons (Fsp3) is 0.125. The Morgan fingerprint density at radius 2 is 1.20 bits per heavy atom. The summed E-state index contributed by atoms with van der Waals surface area (Å²) in [7, 11) is 1.59. The lowest BCUT2D eigenvalue weighted by molar-refractivity contribution is 1.01. The molecule has 0 heterocycles. The number of nitrogens with one attached hydrogen (secondary N) is 6. The third-order valence-electron chi connectivity index (χ3n) is 2.25. The van der Waals surface area contributed by atoms with Crippen molar-refractivity contribution in [2.45, 2.75) is 6.92 Å². The molecule has 0 aliphatic heterocycles. The molecule has 6 N–H and O–H groups in total. The Kier molecular flexibility index (Phi) is 2.65. The maximum atomic E-state index is 7.65. The molecule has 0 saturated heterocycles. The maximum absolute atomic E-state index is 7.65. The van der Waals surface area contributed by atoms with Crippen LogP contribution in [0.25, 0.3) is 0 Å². The number of hydrogen-bond donors (Lipinski definition) is 6. The molecule has 0 spiro atoms. The molecule has 1 aromatic carbocycles. The van der Waals surface area contributed by atoms with Crippen LogP contribution in [0.3, 0.4) is 0 Å². The van der Waals surface area contributed by atoms with E-state index >= 15 is 0 Å². The van der Waals surface area contributed by atoms with Crippen LogP contribution < -0.4 is 32.0 Å². The van der Waals surface area contributed by atoms with E-state index in [4.69, 9.17) is 27.0 Å². The van der Waals surface area contributed by atoms with Gasteiger partial charge in [-0.25, -0.2) is 0 Å². The Bertz CT molecular complexity index is 668. The van der Waals surface area contributed by atoms with Gasteiger partial charge in [0.25, 0.3) is 0 Å². The first-order chi connectivity index (χ1) is 6.91. The van der Waals surface area contributed by atoms with Gasteiger partial charge in [-0.2, -0.15) is 0 Å². The van der Waals surface area contributed by atoms with Crippen LogP contribution in [0.2, 0.25) is 0 Å². The van der Waals surface area contributed by atoms with Crippen LogP contribution in [0.4, 0.5) is 5.69 Å².